The molecule has 0 aliphatic carbocycles. The molecule has 1 aliphatic heterocycles. The van der Waals surface area contributed by atoms with Gasteiger partial charge in [0.05, 0.1) is 18.8 Å². The normalized spacial score (nSPS) is 18.2. The van der Waals surface area contributed by atoms with E-state index in [1.54, 1.807) is 18.0 Å². The summed E-state index contributed by atoms with van der Waals surface area (Å²) in [5.74, 6) is 0.884. The van der Waals surface area contributed by atoms with E-state index in [4.69, 9.17) is 4.42 Å². The standard InChI is InChI=1S/C18H22N2O2S/c1-23-16-8-6-14(7-9-16)13-20-10-2-5-17(20)18(21)19-12-15-4-3-11-22-15/h3-4,6-9,11,17H,2,5,10,12-13H2,1H3,(H,19,21)/t17-/m1/s1. The molecule has 1 aromatic heterocycles. The molecule has 3 rings (SSSR count). The summed E-state index contributed by atoms with van der Waals surface area (Å²) in [6.07, 6.45) is 5.70. The molecule has 1 N–H and O–H groups in total. The lowest BCUT2D eigenvalue weighted by Crippen LogP contribution is -2.42. The van der Waals surface area contributed by atoms with Crippen LogP contribution in [0.15, 0.2) is 52.0 Å². The van der Waals surface area contributed by atoms with E-state index >= 15 is 0 Å². The van der Waals surface area contributed by atoms with Gasteiger partial charge in [-0.25, -0.2) is 0 Å². The Morgan fingerprint density at radius 2 is 2.17 bits per heavy atom. The van der Waals surface area contributed by atoms with E-state index < -0.39 is 0 Å². The van der Waals surface area contributed by atoms with Gasteiger partial charge in [-0.15, -0.1) is 11.8 Å². The fourth-order valence-corrected chi connectivity index (χ4v) is 3.39. The van der Waals surface area contributed by atoms with Crippen molar-refractivity contribution in [1.82, 2.24) is 10.2 Å². The molecule has 1 atom stereocenters. The van der Waals surface area contributed by atoms with Crippen LogP contribution < -0.4 is 5.32 Å². The Labute approximate surface area is 141 Å². The van der Waals surface area contributed by atoms with E-state index in [-0.39, 0.29) is 11.9 Å². The smallest absolute Gasteiger partial charge is 0.237 e. The van der Waals surface area contributed by atoms with Gasteiger partial charge in [0.25, 0.3) is 0 Å². The molecular formula is C18H22N2O2S. The molecule has 0 unspecified atom stereocenters. The van der Waals surface area contributed by atoms with Crippen molar-refractivity contribution in [2.45, 2.75) is 36.9 Å². The molecule has 2 heterocycles. The molecule has 0 spiro atoms. The first kappa shape index (κ1) is 16.1. The minimum atomic E-state index is -0.0369. The highest BCUT2D eigenvalue weighted by atomic mass is 32.2. The Morgan fingerprint density at radius 1 is 1.35 bits per heavy atom. The number of benzene rings is 1. The fraction of sp³-hybridized carbons (Fsp3) is 0.389. The van der Waals surface area contributed by atoms with Gasteiger partial charge in [-0.05, 0) is 55.5 Å². The molecule has 122 valence electrons. The van der Waals surface area contributed by atoms with Crippen molar-refractivity contribution < 1.29 is 9.21 Å². The molecular weight excluding hydrogens is 308 g/mol. The van der Waals surface area contributed by atoms with Gasteiger partial charge in [-0.2, -0.15) is 0 Å². The average Bonchev–Trinajstić information content (AvgIpc) is 3.25. The number of amides is 1. The Bertz CT molecular complexity index is 625. The number of likely N-dealkylation sites (tertiary alicyclic amines) is 1. The van der Waals surface area contributed by atoms with Crippen LogP contribution >= 0.6 is 11.8 Å². The first-order valence-electron chi connectivity index (χ1n) is 7.93. The Kier molecular flexibility index (Phi) is 5.41. The van der Waals surface area contributed by atoms with Gasteiger partial charge in [0, 0.05) is 11.4 Å². The van der Waals surface area contributed by atoms with Crippen LogP contribution in [0, 0.1) is 0 Å². The maximum atomic E-state index is 12.4. The molecule has 0 saturated carbocycles. The predicted octanol–water partition coefficient (Wildman–Crippen LogP) is 3.28. The van der Waals surface area contributed by atoms with Crippen molar-refractivity contribution in [2.75, 3.05) is 12.8 Å². The van der Waals surface area contributed by atoms with Crippen LogP contribution in [0.4, 0.5) is 0 Å². The lowest BCUT2D eigenvalue weighted by molar-refractivity contribution is -0.125. The first-order valence-corrected chi connectivity index (χ1v) is 9.16. The van der Waals surface area contributed by atoms with Gasteiger partial charge in [-0.3, -0.25) is 9.69 Å². The Hall–Kier alpha value is -1.72. The molecule has 4 nitrogen and oxygen atoms in total. The second-order valence-corrected chi connectivity index (χ2v) is 6.65. The number of hydrogen-bond donors (Lipinski definition) is 1. The predicted molar refractivity (Wildman–Crippen MR) is 92.2 cm³/mol. The zero-order chi connectivity index (χ0) is 16.1. The fourth-order valence-electron chi connectivity index (χ4n) is 2.98. The summed E-state index contributed by atoms with van der Waals surface area (Å²) >= 11 is 1.74. The van der Waals surface area contributed by atoms with Crippen molar-refractivity contribution in [1.29, 1.82) is 0 Å². The number of furan rings is 1. The van der Waals surface area contributed by atoms with Gasteiger partial charge >= 0.3 is 0 Å². The molecule has 2 aromatic rings. The van der Waals surface area contributed by atoms with Crippen LogP contribution in [0.1, 0.15) is 24.2 Å². The zero-order valence-corrected chi connectivity index (χ0v) is 14.1. The molecule has 1 amide bonds. The summed E-state index contributed by atoms with van der Waals surface area (Å²) in [5, 5.41) is 2.98. The van der Waals surface area contributed by atoms with E-state index in [1.165, 1.54) is 10.5 Å². The number of rotatable bonds is 6. The Morgan fingerprint density at radius 3 is 2.87 bits per heavy atom. The van der Waals surface area contributed by atoms with Crippen molar-refractivity contribution >= 4 is 17.7 Å². The minimum absolute atomic E-state index is 0.0369. The van der Waals surface area contributed by atoms with E-state index in [1.807, 2.05) is 12.1 Å². The summed E-state index contributed by atoms with van der Waals surface area (Å²) in [6.45, 7) is 2.26. The quantitative estimate of drug-likeness (QED) is 0.826. The summed E-state index contributed by atoms with van der Waals surface area (Å²) in [7, 11) is 0. The third-order valence-electron chi connectivity index (χ3n) is 4.23. The number of nitrogens with zero attached hydrogens (tertiary/aromatic N) is 1. The molecule has 1 aliphatic rings. The van der Waals surface area contributed by atoms with Crippen molar-refractivity contribution in [3.63, 3.8) is 0 Å². The van der Waals surface area contributed by atoms with Crippen LogP contribution in [0.25, 0.3) is 0 Å². The SMILES string of the molecule is CSc1ccc(CN2CCC[C@@H]2C(=O)NCc2ccco2)cc1. The van der Waals surface area contributed by atoms with Gasteiger partial charge in [0.2, 0.25) is 5.91 Å². The maximum Gasteiger partial charge on any atom is 0.237 e. The highest BCUT2D eigenvalue weighted by molar-refractivity contribution is 7.98. The summed E-state index contributed by atoms with van der Waals surface area (Å²) in [4.78, 5) is 16.0. The van der Waals surface area contributed by atoms with E-state index in [0.717, 1.165) is 31.7 Å². The number of carbonyl (C=O) groups is 1. The average molecular weight is 330 g/mol. The monoisotopic (exact) mass is 330 g/mol. The number of thioether (sulfide) groups is 1. The highest BCUT2D eigenvalue weighted by Gasteiger charge is 2.30. The zero-order valence-electron chi connectivity index (χ0n) is 13.3. The van der Waals surface area contributed by atoms with Gasteiger partial charge in [-0.1, -0.05) is 12.1 Å². The van der Waals surface area contributed by atoms with E-state index in [2.05, 4.69) is 40.7 Å². The van der Waals surface area contributed by atoms with Crippen LogP contribution in [0.2, 0.25) is 0 Å². The molecule has 1 aromatic carbocycles. The second kappa shape index (κ2) is 7.70. The summed E-state index contributed by atoms with van der Waals surface area (Å²) in [6, 6.07) is 12.3. The highest BCUT2D eigenvalue weighted by Crippen LogP contribution is 2.22. The maximum absolute atomic E-state index is 12.4. The lowest BCUT2D eigenvalue weighted by atomic mass is 10.1. The van der Waals surface area contributed by atoms with Gasteiger partial charge < -0.3 is 9.73 Å². The number of carbonyl (C=O) groups excluding carboxylic acids is 1. The number of hydrogen-bond acceptors (Lipinski definition) is 4. The van der Waals surface area contributed by atoms with Crippen LogP contribution in [-0.2, 0) is 17.9 Å². The van der Waals surface area contributed by atoms with Crippen LogP contribution in [0.3, 0.4) is 0 Å². The summed E-state index contributed by atoms with van der Waals surface area (Å²) in [5.41, 5.74) is 1.26. The van der Waals surface area contributed by atoms with Crippen molar-refractivity contribution in [3.05, 3.63) is 54.0 Å². The molecule has 23 heavy (non-hydrogen) atoms. The first-order chi connectivity index (χ1) is 11.3. The largest absolute Gasteiger partial charge is 0.467 e. The van der Waals surface area contributed by atoms with E-state index in [0.29, 0.717) is 6.54 Å². The second-order valence-electron chi connectivity index (χ2n) is 5.77. The van der Waals surface area contributed by atoms with E-state index in [9.17, 15) is 4.79 Å². The number of nitrogens with one attached hydrogen (secondary N) is 1. The van der Waals surface area contributed by atoms with Crippen molar-refractivity contribution in [2.24, 2.45) is 0 Å². The molecule has 0 bridgehead atoms. The third-order valence-corrected chi connectivity index (χ3v) is 4.97. The minimum Gasteiger partial charge on any atom is -0.467 e. The third kappa shape index (κ3) is 4.18. The van der Waals surface area contributed by atoms with Crippen LogP contribution in [0.5, 0.6) is 0 Å². The Balaban J connectivity index is 1.56. The summed E-state index contributed by atoms with van der Waals surface area (Å²) < 4.78 is 5.26. The molecule has 1 saturated heterocycles. The van der Waals surface area contributed by atoms with Gasteiger partial charge in [0.1, 0.15) is 5.76 Å². The van der Waals surface area contributed by atoms with Crippen LogP contribution in [-0.4, -0.2) is 29.6 Å². The molecule has 1 fully saturated rings. The molecule has 5 heteroatoms. The topological polar surface area (TPSA) is 45.5 Å². The van der Waals surface area contributed by atoms with Gasteiger partial charge in [0.15, 0.2) is 0 Å². The van der Waals surface area contributed by atoms with Crippen molar-refractivity contribution in [3.8, 4) is 0 Å². The molecule has 0 radical (unpaired) electrons. The lowest BCUT2D eigenvalue weighted by Gasteiger charge is -2.23.